The molecule has 0 aliphatic heterocycles. The van der Waals surface area contributed by atoms with Gasteiger partial charge in [0, 0.05) is 20.2 Å². The highest BCUT2D eigenvalue weighted by Gasteiger charge is 2.05. The first-order chi connectivity index (χ1) is 9.51. The standard InChI is InChI=1S/C14H18N4O2/c1-17(2)11-7-14(19)18(16-8-11)9-10-4-5-13(20-3)12(15)6-10/h4-8H,9,15H2,1-3H3. The largest absolute Gasteiger partial charge is 0.495 e. The first kappa shape index (κ1) is 13.9. The number of anilines is 2. The first-order valence-corrected chi connectivity index (χ1v) is 6.18. The van der Waals surface area contributed by atoms with Crippen LogP contribution in [-0.2, 0) is 6.54 Å². The lowest BCUT2D eigenvalue weighted by molar-refractivity contribution is 0.416. The van der Waals surface area contributed by atoms with E-state index in [0.717, 1.165) is 11.3 Å². The Labute approximate surface area is 117 Å². The van der Waals surface area contributed by atoms with Crippen molar-refractivity contribution in [2.45, 2.75) is 6.54 Å². The topological polar surface area (TPSA) is 73.4 Å². The molecule has 0 atom stereocenters. The van der Waals surface area contributed by atoms with Gasteiger partial charge in [0.2, 0.25) is 0 Å². The van der Waals surface area contributed by atoms with Crippen molar-refractivity contribution in [2.75, 3.05) is 31.8 Å². The number of hydrogen-bond acceptors (Lipinski definition) is 5. The molecule has 20 heavy (non-hydrogen) atoms. The highest BCUT2D eigenvalue weighted by Crippen LogP contribution is 2.22. The molecule has 106 valence electrons. The van der Waals surface area contributed by atoms with Gasteiger partial charge in [0.15, 0.2) is 0 Å². The average Bonchev–Trinajstić information content (AvgIpc) is 2.41. The molecule has 0 amide bonds. The maximum Gasteiger partial charge on any atom is 0.269 e. The number of ether oxygens (including phenoxy) is 1. The van der Waals surface area contributed by atoms with Crippen LogP contribution in [-0.4, -0.2) is 31.0 Å². The summed E-state index contributed by atoms with van der Waals surface area (Å²) in [6, 6.07) is 6.99. The van der Waals surface area contributed by atoms with Gasteiger partial charge in [-0.05, 0) is 17.7 Å². The molecule has 6 heteroatoms. The van der Waals surface area contributed by atoms with Crippen LogP contribution in [0.15, 0.2) is 35.3 Å². The van der Waals surface area contributed by atoms with Crippen LogP contribution in [0, 0.1) is 0 Å². The van der Waals surface area contributed by atoms with E-state index in [4.69, 9.17) is 10.5 Å². The second-order valence-corrected chi connectivity index (χ2v) is 4.68. The van der Waals surface area contributed by atoms with Gasteiger partial charge in [0.05, 0.1) is 31.2 Å². The summed E-state index contributed by atoms with van der Waals surface area (Å²) in [4.78, 5) is 13.8. The molecule has 0 spiro atoms. The fourth-order valence-corrected chi connectivity index (χ4v) is 1.84. The summed E-state index contributed by atoms with van der Waals surface area (Å²) in [6.07, 6.45) is 1.66. The lowest BCUT2D eigenvalue weighted by atomic mass is 10.2. The van der Waals surface area contributed by atoms with Crippen molar-refractivity contribution in [3.63, 3.8) is 0 Å². The monoisotopic (exact) mass is 274 g/mol. The van der Waals surface area contributed by atoms with Crippen molar-refractivity contribution in [2.24, 2.45) is 0 Å². The molecular formula is C14H18N4O2. The SMILES string of the molecule is COc1ccc(Cn2ncc(N(C)C)cc2=O)cc1N. The molecule has 0 aliphatic rings. The smallest absolute Gasteiger partial charge is 0.269 e. The summed E-state index contributed by atoms with van der Waals surface area (Å²) in [6.45, 7) is 0.376. The van der Waals surface area contributed by atoms with Crippen LogP contribution in [0.5, 0.6) is 5.75 Å². The molecule has 0 radical (unpaired) electrons. The van der Waals surface area contributed by atoms with Crippen molar-refractivity contribution >= 4 is 11.4 Å². The normalized spacial score (nSPS) is 10.3. The minimum absolute atomic E-state index is 0.148. The maximum absolute atomic E-state index is 12.0. The van der Waals surface area contributed by atoms with E-state index in [-0.39, 0.29) is 5.56 Å². The van der Waals surface area contributed by atoms with Crippen LogP contribution in [0.2, 0.25) is 0 Å². The number of nitrogens with two attached hydrogens (primary N) is 1. The second kappa shape index (κ2) is 5.64. The molecule has 1 aromatic heterocycles. The van der Waals surface area contributed by atoms with E-state index in [1.807, 2.05) is 25.1 Å². The van der Waals surface area contributed by atoms with E-state index in [2.05, 4.69) is 5.10 Å². The molecule has 0 bridgehead atoms. The molecule has 0 fully saturated rings. The molecule has 0 aliphatic carbocycles. The molecule has 0 unspecified atom stereocenters. The van der Waals surface area contributed by atoms with E-state index in [9.17, 15) is 4.79 Å². The zero-order valence-electron chi connectivity index (χ0n) is 11.8. The summed E-state index contributed by atoms with van der Waals surface area (Å²) in [7, 11) is 5.30. The molecule has 2 rings (SSSR count). The Morgan fingerprint density at radius 3 is 2.65 bits per heavy atom. The van der Waals surface area contributed by atoms with Gasteiger partial charge in [-0.2, -0.15) is 5.10 Å². The Balaban J connectivity index is 2.26. The van der Waals surface area contributed by atoms with Crippen LogP contribution >= 0.6 is 0 Å². The summed E-state index contributed by atoms with van der Waals surface area (Å²) < 4.78 is 6.50. The van der Waals surface area contributed by atoms with Gasteiger partial charge in [-0.15, -0.1) is 0 Å². The van der Waals surface area contributed by atoms with Gasteiger partial charge in [0.1, 0.15) is 5.75 Å². The summed E-state index contributed by atoms with van der Waals surface area (Å²) >= 11 is 0. The number of aromatic nitrogens is 2. The van der Waals surface area contributed by atoms with Crippen LogP contribution in [0.3, 0.4) is 0 Å². The third-order valence-electron chi connectivity index (χ3n) is 3.00. The number of nitrogen functional groups attached to an aromatic ring is 1. The van der Waals surface area contributed by atoms with E-state index >= 15 is 0 Å². The number of benzene rings is 1. The van der Waals surface area contributed by atoms with Crippen LogP contribution in [0.25, 0.3) is 0 Å². The van der Waals surface area contributed by atoms with Gasteiger partial charge in [-0.25, -0.2) is 4.68 Å². The maximum atomic E-state index is 12.0. The fourth-order valence-electron chi connectivity index (χ4n) is 1.84. The fraction of sp³-hybridized carbons (Fsp3) is 0.286. The van der Waals surface area contributed by atoms with Crippen molar-refractivity contribution in [3.8, 4) is 5.75 Å². The minimum atomic E-state index is -0.148. The molecular weight excluding hydrogens is 256 g/mol. The van der Waals surface area contributed by atoms with Crippen molar-refractivity contribution in [1.29, 1.82) is 0 Å². The summed E-state index contributed by atoms with van der Waals surface area (Å²) in [5, 5.41) is 4.16. The average molecular weight is 274 g/mol. The predicted octanol–water partition coefficient (Wildman–Crippen LogP) is 0.948. The number of nitrogens with zero attached hydrogens (tertiary/aromatic N) is 3. The number of rotatable bonds is 4. The molecule has 1 aromatic carbocycles. The van der Waals surface area contributed by atoms with Gasteiger partial charge in [-0.1, -0.05) is 6.07 Å². The Bertz CT molecular complexity index is 664. The lowest BCUT2D eigenvalue weighted by Crippen LogP contribution is -2.24. The Hall–Kier alpha value is -2.50. The van der Waals surface area contributed by atoms with Gasteiger partial charge < -0.3 is 15.4 Å². The van der Waals surface area contributed by atoms with Crippen molar-refractivity contribution < 1.29 is 4.74 Å². The van der Waals surface area contributed by atoms with Crippen LogP contribution in [0.4, 0.5) is 11.4 Å². The van der Waals surface area contributed by atoms with Gasteiger partial charge in [0.25, 0.3) is 5.56 Å². The van der Waals surface area contributed by atoms with E-state index in [1.54, 1.807) is 31.5 Å². The van der Waals surface area contributed by atoms with Crippen LogP contribution in [0.1, 0.15) is 5.56 Å². The highest BCUT2D eigenvalue weighted by atomic mass is 16.5. The van der Waals surface area contributed by atoms with Crippen LogP contribution < -0.4 is 20.9 Å². The third kappa shape index (κ3) is 2.90. The second-order valence-electron chi connectivity index (χ2n) is 4.68. The lowest BCUT2D eigenvalue weighted by Gasteiger charge is -2.13. The summed E-state index contributed by atoms with van der Waals surface area (Å²) in [5.74, 6) is 0.622. The van der Waals surface area contributed by atoms with E-state index in [1.165, 1.54) is 4.68 Å². The number of hydrogen-bond donors (Lipinski definition) is 1. The zero-order valence-corrected chi connectivity index (χ0v) is 11.8. The first-order valence-electron chi connectivity index (χ1n) is 6.18. The molecule has 2 N–H and O–H groups in total. The molecule has 1 heterocycles. The molecule has 6 nitrogen and oxygen atoms in total. The predicted molar refractivity (Wildman–Crippen MR) is 79.3 cm³/mol. The Morgan fingerprint density at radius 2 is 2.10 bits per heavy atom. The quantitative estimate of drug-likeness (QED) is 0.840. The Morgan fingerprint density at radius 1 is 1.35 bits per heavy atom. The van der Waals surface area contributed by atoms with Gasteiger partial charge >= 0.3 is 0 Å². The van der Waals surface area contributed by atoms with Crippen molar-refractivity contribution in [1.82, 2.24) is 9.78 Å². The highest BCUT2D eigenvalue weighted by molar-refractivity contribution is 5.54. The van der Waals surface area contributed by atoms with Gasteiger partial charge in [-0.3, -0.25) is 4.79 Å². The minimum Gasteiger partial charge on any atom is -0.495 e. The molecule has 0 saturated heterocycles. The number of methoxy groups -OCH3 is 1. The summed E-state index contributed by atoms with van der Waals surface area (Å²) in [5.41, 5.74) is 7.92. The van der Waals surface area contributed by atoms with E-state index in [0.29, 0.717) is 18.0 Å². The third-order valence-corrected chi connectivity index (χ3v) is 3.00. The molecule has 2 aromatic rings. The molecule has 0 saturated carbocycles. The Kier molecular flexibility index (Phi) is 3.93. The van der Waals surface area contributed by atoms with Crippen molar-refractivity contribution in [3.05, 3.63) is 46.4 Å². The zero-order chi connectivity index (χ0) is 14.7. The van der Waals surface area contributed by atoms with E-state index < -0.39 is 0 Å².